The number of hydrogen-bond donors (Lipinski definition) is 2. The van der Waals surface area contributed by atoms with E-state index in [9.17, 15) is 0 Å². The van der Waals surface area contributed by atoms with Crippen molar-refractivity contribution in [3.8, 4) is 5.75 Å². The highest BCUT2D eigenvalue weighted by Gasteiger charge is 2.05. The lowest BCUT2D eigenvalue weighted by atomic mass is 10.2. The molecule has 0 saturated carbocycles. The summed E-state index contributed by atoms with van der Waals surface area (Å²) in [6.07, 6.45) is 1.03. The third-order valence-electron chi connectivity index (χ3n) is 2.99. The van der Waals surface area contributed by atoms with E-state index >= 15 is 0 Å². The van der Waals surface area contributed by atoms with Gasteiger partial charge in [0.25, 0.3) is 0 Å². The minimum absolute atomic E-state index is 0.769. The van der Waals surface area contributed by atoms with Crippen LogP contribution in [0.25, 0.3) is 0 Å². The summed E-state index contributed by atoms with van der Waals surface area (Å²) in [5, 5.41) is 10.5. The standard InChI is InChI=1S/C15H21N3O/c1-4-9-19-14-7-5-13(6-8-14)10-16-15-11(2)17-18-12(15)3/h5-8,16H,4,9-10H2,1-3H3,(H,17,18). The molecule has 4 heteroatoms. The number of ether oxygens (including phenoxy) is 1. The van der Waals surface area contributed by atoms with Gasteiger partial charge in [0, 0.05) is 6.54 Å². The molecular formula is C15H21N3O. The highest BCUT2D eigenvalue weighted by Crippen LogP contribution is 2.18. The van der Waals surface area contributed by atoms with Crippen LogP contribution in [0.3, 0.4) is 0 Å². The number of nitrogens with one attached hydrogen (secondary N) is 2. The fraction of sp³-hybridized carbons (Fsp3) is 0.400. The molecule has 1 aromatic heterocycles. The van der Waals surface area contributed by atoms with Gasteiger partial charge >= 0.3 is 0 Å². The summed E-state index contributed by atoms with van der Waals surface area (Å²) in [4.78, 5) is 0. The van der Waals surface area contributed by atoms with Gasteiger partial charge in [0.05, 0.1) is 23.7 Å². The molecule has 19 heavy (non-hydrogen) atoms. The molecule has 0 radical (unpaired) electrons. The lowest BCUT2D eigenvalue weighted by molar-refractivity contribution is 0.317. The minimum atomic E-state index is 0.769. The van der Waals surface area contributed by atoms with Crippen molar-refractivity contribution in [2.24, 2.45) is 0 Å². The second kappa shape index (κ2) is 6.27. The summed E-state index contributed by atoms with van der Waals surface area (Å²) < 4.78 is 5.56. The Morgan fingerprint density at radius 3 is 2.53 bits per heavy atom. The molecule has 0 aliphatic rings. The third-order valence-corrected chi connectivity index (χ3v) is 2.99. The molecule has 0 amide bonds. The average molecular weight is 259 g/mol. The number of aromatic nitrogens is 2. The van der Waals surface area contributed by atoms with Crippen LogP contribution >= 0.6 is 0 Å². The van der Waals surface area contributed by atoms with Crippen LogP contribution in [0.5, 0.6) is 5.75 Å². The lowest BCUT2D eigenvalue weighted by Gasteiger charge is -2.08. The first-order valence-electron chi connectivity index (χ1n) is 6.68. The number of rotatable bonds is 6. The van der Waals surface area contributed by atoms with Gasteiger partial charge in [-0.15, -0.1) is 0 Å². The summed E-state index contributed by atoms with van der Waals surface area (Å²) >= 11 is 0. The first-order valence-corrected chi connectivity index (χ1v) is 6.68. The number of nitrogens with zero attached hydrogens (tertiary/aromatic N) is 1. The van der Waals surface area contributed by atoms with E-state index in [1.807, 2.05) is 26.0 Å². The fourth-order valence-electron chi connectivity index (χ4n) is 1.93. The Balaban J connectivity index is 1.93. The Hall–Kier alpha value is -1.97. The zero-order chi connectivity index (χ0) is 13.7. The first-order chi connectivity index (χ1) is 9.20. The van der Waals surface area contributed by atoms with Gasteiger partial charge in [-0.3, -0.25) is 5.10 Å². The number of aromatic amines is 1. The van der Waals surface area contributed by atoms with E-state index < -0.39 is 0 Å². The molecule has 0 aliphatic carbocycles. The predicted octanol–water partition coefficient (Wildman–Crippen LogP) is 3.43. The lowest BCUT2D eigenvalue weighted by Crippen LogP contribution is -2.01. The highest BCUT2D eigenvalue weighted by atomic mass is 16.5. The van der Waals surface area contributed by atoms with Crippen molar-refractivity contribution in [3.63, 3.8) is 0 Å². The second-order valence-electron chi connectivity index (χ2n) is 4.65. The van der Waals surface area contributed by atoms with Gasteiger partial charge in [-0.05, 0) is 38.0 Å². The maximum absolute atomic E-state index is 5.56. The van der Waals surface area contributed by atoms with Crippen LogP contribution in [0.15, 0.2) is 24.3 Å². The molecule has 0 bridgehead atoms. The number of aryl methyl sites for hydroxylation is 2. The molecule has 1 heterocycles. The van der Waals surface area contributed by atoms with Gasteiger partial charge in [-0.1, -0.05) is 19.1 Å². The Labute approximate surface area is 114 Å². The molecule has 0 atom stereocenters. The molecule has 0 aliphatic heterocycles. The van der Waals surface area contributed by atoms with Gasteiger partial charge in [0.15, 0.2) is 0 Å². The second-order valence-corrected chi connectivity index (χ2v) is 4.65. The van der Waals surface area contributed by atoms with Crippen LogP contribution in [0, 0.1) is 13.8 Å². The molecular weight excluding hydrogens is 238 g/mol. The van der Waals surface area contributed by atoms with E-state index in [2.05, 4.69) is 34.6 Å². The first kappa shape index (κ1) is 13.5. The van der Waals surface area contributed by atoms with Gasteiger partial charge in [0.2, 0.25) is 0 Å². The summed E-state index contributed by atoms with van der Waals surface area (Å²) in [7, 11) is 0. The summed E-state index contributed by atoms with van der Waals surface area (Å²) in [5.74, 6) is 0.932. The number of H-pyrrole nitrogens is 1. The molecule has 4 nitrogen and oxygen atoms in total. The zero-order valence-corrected chi connectivity index (χ0v) is 11.8. The van der Waals surface area contributed by atoms with Crippen molar-refractivity contribution >= 4 is 5.69 Å². The third kappa shape index (κ3) is 3.50. The molecule has 0 unspecified atom stereocenters. The smallest absolute Gasteiger partial charge is 0.119 e. The maximum atomic E-state index is 5.56. The Kier molecular flexibility index (Phi) is 4.44. The fourth-order valence-corrected chi connectivity index (χ4v) is 1.93. The van der Waals surface area contributed by atoms with E-state index in [-0.39, 0.29) is 0 Å². The topological polar surface area (TPSA) is 49.9 Å². The van der Waals surface area contributed by atoms with E-state index in [0.717, 1.165) is 42.4 Å². The van der Waals surface area contributed by atoms with Crippen LogP contribution < -0.4 is 10.1 Å². The van der Waals surface area contributed by atoms with Crippen molar-refractivity contribution in [1.29, 1.82) is 0 Å². The number of benzene rings is 1. The van der Waals surface area contributed by atoms with E-state index in [1.165, 1.54) is 5.56 Å². The van der Waals surface area contributed by atoms with E-state index in [4.69, 9.17) is 4.74 Å². The molecule has 1 aromatic carbocycles. The normalized spacial score (nSPS) is 10.5. The maximum Gasteiger partial charge on any atom is 0.119 e. The number of anilines is 1. The van der Waals surface area contributed by atoms with Crippen LogP contribution in [0.1, 0.15) is 30.3 Å². The van der Waals surface area contributed by atoms with Crippen molar-refractivity contribution < 1.29 is 4.74 Å². The molecule has 102 valence electrons. The van der Waals surface area contributed by atoms with Crippen molar-refractivity contribution in [1.82, 2.24) is 10.2 Å². The summed E-state index contributed by atoms with van der Waals surface area (Å²) in [6, 6.07) is 8.20. The van der Waals surface area contributed by atoms with Crippen molar-refractivity contribution in [2.45, 2.75) is 33.7 Å². The molecule has 0 spiro atoms. The van der Waals surface area contributed by atoms with Gasteiger partial charge in [-0.2, -0.15) is 5.10 Å². The molecule has 0 saturated heterocycles. The molecule has 0 fully saturated rings. The summed E-state index contributed by atoms with van der Waals surface area (Å²) in [5.41, 5.74) is 4.39. The van der Waals surface area contributed by atoms with Crippen LogP contribution in [-0.2, 0) is 6.54 Å². The SMILES string of the molecule is CCCOc1ccc(CNc2c(C)n[nH]c2C)cc1. The van der Waals surface area contributed by atoms with E-state index in [1.54, 1.807) is 0 Å². The largest absolute Gasteiger partial charge is 0.494 e. The minimum Gasteiger partial charge on any atom is -0.494 e. The van der Waals surface area contributed by atoms with Gasteiger partial charge in [0.1, 0.15) is 5.75 Å². The molecule has 2 rings (SSSR count). The highest BCUT2D eigenvalue weighted by molar-refractivity contribution is 5.51. The quantitative estimate of drug-likeness (QED) is 0.835. The van der Waals surface area contributed by atoms with E-state index in [0.29, 0.717) is 0 Å². The van der Waals surface area contributed by atoms with Crippen LogP contribution in [0.4, 0.5) is 5.69 Å². The number of hydrogen-bond acceptors (Lipinski definition) is 3. The zero-order valence-electron chi connectivity index (χ0n) is 11.8. The monoisotopic (exact) mass is 259 g/mol. The van der Waals surface area contributed by atoms with Crippen LogP contribution in [-0.4, -0.2) is 16.8 Å². The van der Waals surface area contributed by atoms with Gasteiger partial charge in [-0.25, -0.2) is 0 Å². The Morgan fingerprint density at radius 1 is 1.21 bits per heavy atom. The van der Waals surface area contributed by atoms with Crippen molar-refractivity contribution in [2.75, 3.05) is 11.9 Å². The molecule has 2 aromatic rings. The predicted molar refractivity (Wildman–Crippen MR) is 77.6 cm³/mol. The van der Waals surface area contributed by atoms with Gasteiger partial charge < -0.3 is 10.1 Å². The van der Waals surface area contributed by atoms with Crippen LogP contribution in [0.2, 0.25) is 0 Å². The Morgan fingerprint density at radius 2 is 1.95 bits per heavy atom. The average Bonchev–Trinajstić information content (AvgIpc) is 2.75. The molecule has 2 N–H and O–H groups in total. The Bertz CT molecular complexity index is 497. The van der Waals surface area contributed by atoms with Crippen molar-refractivity contribution in [3.05, 3.63) is 41.2 Å². The summed E-state index contributed by atoms with van der Waals surface area (Å²) in [6.45, 7) is 7.67.